The van der Waals surface area contributed by atoms with Crippen LogP contribution in [0.5, 0.6) is 0 Å². The first kappa shape index (κ1) is 10.6. The highest BCUT2D eigenvalue weighted by atomic mass is 32.1. The Morgan fingerprint density at radius 2 is 1.71 bits per heavy atom. The molecule has 5 rings (SSSR count). The molecule has 0 aliphatic heterocycles. The average Bonchev–Trinajstić information content (AvgIpc) is 2.80. The lowest BCUT2D eigenvalue weighted by Gasteiger charge is -2.54. The van der Waals surface area contributed by atoms with E-state index in [0.29, 0.717) is 0 Å². The molecule has 4 bridgehead atoms. The van der Waals surface area contributed by atoms with Crippen LogP contribution in [0.3, 0.4) is 0 Å². The maximum Gasteiger partial charge on any atom is 0.00453 e. The summed E-state index contributed by atoms with van der Waals surface area (Å²) in [4.78, 5) is 1.61. The zero-order valence-electron chi connectivity index (χ0n) is 10.5. The van der Waals surface area contributed by atoms with E-state index in [4.69, 9.17) is 0 Å². The summed E-state index contributed by atoms with van der Waals surface area (Å²) in [7, 11) is 0. The fourth-order valence-corrected chi connectivity index (χ4v) is 6.00. The van der Waals surface area contributed by atoms with E-state index in [-0.39, 0.29) is 0 Å². The van der Waals surface area contributed by atoms with Crippen LogP contribution in [-0.2, 0) is 6.42 Å². The van der Waals surface area contributed by atoms with E-state index in [0.717, 1.165) is 29.6 Å². The van der Waals surface area contributed by atoms with Gasteiger partial charge < -0.3 is 0 Å². The molecule has 4 fully saturated rings. The molecule has 1 aromatic heterocycles. The van der Waals surface area contributed by atoms with Crippen molar-refractivity contribution in [2.24, 2.45) is 29.6 Å². The average molecular weight is 246 g/mol. The number of hydrogen-bond donors (Lipinski definition) is 0. The molecule has 17 heavy (non-hydrogen) atoms. The second-order valence-corrected chi connectivity index (χ2v) is 7.74. The molecule has 0 atom stereocenters. The van der Waals surface area contributed by atoms with Crippen LogP contribution in [0.15, 0.2) is 17.5 Å². The van der Waals surface area contributed by atoms with Gasteiger partial charge in [-0.05, 0) is 86.0 Å². The predicted molar refractivity (Wildman–Crippen MR) is 73.2 cm³/mol. The summed E-state index contributed by atoms with van der Waals surface area (Å²) in [5.41, 5.74) is 0. The maximum absolute atomic E-state index is 2.32. The van der Waals surface area contributed by atoms with Crippen LogP contribution in [-0.4, -0.2) is 0 Å². The van der Waals surface area contributed by atoms with Crippen molar-refractivity contribution >= 4 is 11.3 Å². The van der Waals surface area contributed by atoms with Gasteiger partial charge in [0, 0.05) is 4.88 Å². The highest BCUT2D eigenvalue weighted by molar-refractivity contribution is 7.09. The van der Waals surface area contributed by atoms with Crippen molar-refractivity contribution in [2.45, 2.75) is 44.9 Å². The van der Waals surface area contributed by atoms with Crippen LogP contribution in [0.1, 0.15) is 43.4 Å². The van der Waals surface area contributed by atoms with Crippen molar-refractivity contribution in [1.29, 1.82) is 0 Å². The Balaban J connectivity index is 1.44. The molecular weight excluding hydrogens is 224 g/mol. The molecule has 0 unspecified atom stereocenters. The topological polar surface area (TPSA) is 0 Å². The van der Waals surface area contributed by atoms with E-state index in [1.807, 2.05) is 11.3 Å². The zero-order valence-corrected chi connectivity index (χ0v) is 11.3. The van der Waals surface area contributed by atoms with Crippen LogP contribution in [0.25, 0.3) is 0 Å². The maximum atomic E-state index is 2.32. The van der Waals surface area contributed by atoms with Gasteiger partial charge in [-0.1, -0.05) is 6.07 Å². The highest BCUT2D eigenvalue weighted by Crippen LogP contribution is 2.57. The Morgan fingerprint density at radius 3 is 2.29 bits per heavy atom. The van der Waals surface area contributed by atoms with Crippen LogP contribution >= 0.6 is 11.3 Å². The van der Waals surface area contributed by atoms with Crippen LogP contribution in [0.2, 0.25) is 0 Å². The summed E-state index contributed by atoms with van der Waals surface area (Å²) in [5, 5.41) is 2.23. The third kappa shape index (κ3) is 1.87. The number of rotatable bonds is 3. The molecule has 0 aromatic carbocycles. The second kappa shape index (κ2) is 4.12. The summed E-state index contributed by atoms with van der Waals surface area (Å²) in [6.45, 7) is 0. The van der Waals surface area contributed by atoms with Crippen molar-refractivity contribution in [3.05, 3.63) is 22.4 Å². The third-order valence-corrected chi connectivity index (χ3v) is 6.66. The zero-order chi connectivity index (χ0) is 11.2. The summed E-state index contributed by atoms with van der Waals surface area (Å²) in [5.74, 6) is 5.59. The Hall–Kier alpha value is -0.300. The second-order valence-electron chi connectivity index (χ2n) is 6.71. The monoisotopic (exact) mass is 246 g/mol. The van der Waals surface area contributed by atoms with Gasteiger partial charge in [0.2, 0.25) is 0 Å². The van der Waals surface area contributed by atoms with Gasteiger partial charge >= 0.3 is 0 Å². The standard InChI is InChI=1S/C16H22S/c1-2-15(17-5-1)3-4-16-13-7-11-6-12(9-13)10-14(16)8-11/h1-2,5,11-14,16H,3-4,6-10H2. The largest absolute Gasteiger partial charge is 0.149 e. The third-order valence-electron chi connectivity index (χ3n) is 5.73. The Kier molecular flexibility index (Phi) is 2.57. The van der Waals surface area contributed by atoms with Gasteiger partial charge in [0.25, 0.3) is 0 Å². The molecule has 4 saturated carbocycles. The van der Waals surface area contributed by atoms with E-state index < -0.39 is 0 Å². The summed E-state index contributed by atoms with van der Waals surface area (Å²) in [6, 6.07) is 4.53. The van der Waals surface area contributed by atoms with Gasteiger partial charge in [-0.25, -0.2) is 0 Å². The minimum atomic E-state index is 1.09. The molecular formula is C16H22S. The number of aryl methyl sites for hydroxylation is 1. The first-order valence-corrected chi connectivity index (χ1v) is 8.29. The van der Waals surface area contributed by atoms with Crippen LogP contribution in [0.4, 0.5) is 0 Å². The van der Waals surface area contributed by atoms with E-state index in [9.17, 15) is 0 Å². The molecule has 0 amide bonds. The van der Waals surface area contributed by atoms with E-state index in [2.05, 4.69) is 17.5 Å². The van der Waals surface area contributed by atoms with Gasteiger partial charge in [-0.2, -0.15) is 0 Å². The van der Waals surface area contributed by atoms with Crippen molar-refractivity contribution in [1.82, 2.24) is 0 Å². The van der Waals surface area contributed by atoms with Crippen LogP contribution in [0, 0.1) is 29.6 Å². The van der Waals surface area contributed by atoms with Crippen molar-refractivity contribution in [3.63, 3.8) is 0 Å². The lowest BCUT2D eigenvalue weighted by molar-refractivity contribution is -0.0393. The highest BCUT2D eigenvalue weighted by Gasteiger charge is 2.47. The molecule has 0 N–H and O–H groups in total. The van der Waals surface area contributed by atoms with Gasteiger partial charge in [-0.15, -0.1) is 11.3 Å². The van der Waals surface area contributed by atoms with Gasteiger partial charge in [0.05, 0.1) is 0 Å². The molecule has 0 radical (unpaired) electrons. The molecule has 92 valence electrons. The molecule has 0 nitrogen and oxygen atoms in total. The molecule has 1 heteroatoms. The van der Waals surface area contributed by atoms with Crippen molar-refractivity contribution < 1.29 is 0 Å². The molecule has 4 aliphatic rings. The Bertz CT molecular complexity index is 350. The molecule has 1 heterocycles. The lowest BCUT2D eigenvalue weighted by Crippen LogP contribution is -2.45. The molecule has 0 spiro atoms. The van der Waals surface area contributed by atoms with E-state index in [1.54, 1.807) is 37.0 Å². The van der Waals surface area contributed by atoms with Gasteiger partial charge in [0.1, 0.15) is 0 Å². The molecule has 4 aliphatic carbocycles. The lowest BCUT2D eigenvalue weighted by atomic mass is 9.51. The van der Waals surface area contributed by atoms with E-state index in [1.165, 1.54) is 12.8 Å². The van der Waals surface area contributed by atoms with Crippen molar-refractivity contribution in [2.75, 3.05) is 0 Å². The minimum absolute atomic E-state index is 1.09. The fourth-order valence-electron chi connectivity index (χ4n) is 5.27. The Labute approximate surface area is 108 Å². The van der Waals surface area contributed by atoms with Crippen molar-refractivity contribution in [3.8, 4) is 0 Å². The Morgan fingerprint density at radius 1 is 1.00 bits per heavy atom. The van der Waals surface area contributed by atoms with Gasteiger partial charge in [-0.3, -0.25) is 0 Å². The summed E-state index contributed by atoms with van der Waals surface area (Å²) in [6.07, 6.45) is 10.8. The normalized spacial score (nSPS) is 43.2. The van der Waals surface area contributed by atoms with E-state index >= 15 is 0 Å². The number of hydrogen-bond acceptors (Lipinski definition) is 1. The van der Waals surface area contributed by atoms with Gasteiger partial charge in [0.15, 0.2) is 0 Å². The summed E-state index contributed by atoms with van der Waals surface area (Å²) >= 11 is 1.95. The summed E-state index contributed by atoms with van der Waals surface area (Å²) < 4.78 is 0. The van der Waals surface area contributed by atoms with Crippen LogP contribution < -0.4 is 0 Å². The molecule has 0 saturated heterocycles. The molecule has 1 aromatic rings. The quantitative estimate of drug-likeness (QED) is 0.722. The SMILES string of the molecule is c1csc(CCC2C3CC4CC(C3)CC2C4)c1. The number of thiophene rings is 1. The first-order chi connectivity index (χ1) is 8.38. The predicted octanol–water partition coefficient (Wildman–Crippen LogP) is 4.75. The smallest absolute Gasteiger partial charge is 0.00453 e. The minimum Gasteiger partial charge on any atom is -0.149 e. The first-order valence-electron chi connectivity index (χ1n) is 7.41. The fraction of sp³-hybridized carbons (Fsp3) is 0.750.